The Hall–Kier alpha value is -2.85. The van der Waals surface area contributed by atoms with Crippen molar-refractivity contribution in [1.82, 2.24) is 9.80 Å². The Kier molecular flexibility index (Phi) is 9.49. The van der Waals surface area contributed by atoms with E-state index in [0.29, 0.717) is 63.7 Å². The Balaban J connectivity index is 1.29. The van der Waals surface area contributed by atoms with E-state index >= 15 is 0 Å². The number of para-hydroxylation sites is 1. The zero-order valence-electron chi connectivity index (χ0n) is 20.8. The van der Waals surface area contributed by atoms with Crippen LogP contribution in [0.25, 0.3) is 11.6 Å². The van der Waals surface area contributed by atoms with Gasteiger partial charge in [-0.15, -0.1) is 0 Å². The Morgan fingerprint density at radius 1 is 1.16 bits per heavy atom. The fraction of sp³-hybridized carbons (Fsp3) is 0.393. The highest BCUT2D eigenvalue weighted by atomic mass is 35.5. The lowest BCUT2D eigenvalue weighted by Crippen LogP contribution is -2.39. The summed E-state index contributed by atoms with van der Waals surface area (Å²) in [7, 11) is 0. The smallest absolute Gasteiger partial charge is 0.417 e. The number of rotatable bonds is 8. The van der Waals surface area contributed by atoms with Gasteiger partial charge in [0.2, 0.25) is 5.91 Å². The number of hydrogen-bond acceptors (Lipinski definition) is 5. The molecule has 204 valence electrons. The van der Waals surface area contributed by atoms with Crippen LogP contribution in [-0.2, 0) is 15.7 Å². The molecule has 6 nitrogen and oxygen atoms in total. The number of benzene rings is 2. The van der Waals surface area contributed by atoms with E-state index in [1.165, 1.54) is 12.1 Å². The van der Waals surface area contributed by atoms with Gasteiger partial charge in [0.1, 0.15) is 18.5 Å². The molecule has 0 saturated carbocycles. The van der Waals surface area contributed by atoms with Crippen molar-refractivity contribution in [1.29, 1.82) is 0 Å². The van der Waals surface area contributed by atoms with Gasteiger partial charge in [0, 0.05) is 44.4 Å². The minimum absolute atomic E-state index is 0.0570. The number of carbonyl (C=O) groups is 1. The van der Waals surface area contributed by atoms with E-state index in [1.54, 1.807) is 23.1 Å². The van der Waals surface area contributed by atoms with Gasteiger partial charge in [-0.25, -0.2) is 0 Å². The van der Waals surface area contributed by atoms with E-state index in [4.69, 9.17) is 21.1 Å². The van der Waals surface area contributed by atoms with E-state index in [0.717, 1.165) is 17.2 Å². The molecule has 10 heteroatoms. The maximum Gasteiger partial charge on any atom is 0.417 e. The van der Waals surface area contributed by atoms with Crippen LogP contribution in [0.1, 0.15) is 23.1 Å². The summed E-state index contributed by atoms with van der Waals surface area (Å²) in [6, 6.07) is 11.2. The van der Waals surface area contributed by atoms with Crippen molar-refractivity contribution in [2.75, 3.05) is 52.5 Å². The molecule has 38 heavy (non-hydrogen) atoms. The Bertz CT molecular complexity index is 1180. The van der Waals surface area contributed by atoms with Gasteiger partial charge in [-0.05, 0) is 41.8 Å². The summed E-state index contributed by atoms with van der Waals surface area (Å²) in [5.74, 6) is 0.468. The van der Waals surface area contributed by atoms with E-state index in [1.807, 2.05) is 29.2 Å². The lowest BCUT2D eigenvalue weighted by atomic mass is 9.97. The number of nitrogens with zero attached hydrogens (tertiary/aromatic N) is 2. The third-order valence-electron chi connectivity index (χ3n) is 6.48. The van der Waals surface area contributed by atoms with Gasteiger partial charge in [-0.3, -0.25) is 9.69 Å². The molecule has 0 bridgehead atoms. The minimum atomic E-state index is -4.51. The molecule has 2 aromatic carbocycles. The maximum absolute atomic E-state index is 13.2. The van der Waals surface area contributed by atoms with Crippen molar-refractivity contribution in [2.45, 2.75) is 18.7 Å². The minimum Gasteiger partial charge on any atom is -0.490 e. The van der Waals surface area contributed by atoms with E-state index in [9.17, 15) is 23.1 Å². The normalized spacial score (nSPS) is 17.9. The fourth-order valence-corrected chi connectivity index (χ4v) is 4.64. The molecule has 1 amide bonds. The Labute approximate surface area is 224 Å². The number of halogens is 4. The molecular weight excluding hydrogens is 521 g/mol. The van der Waals surface area contributed by atoms with Crippen molar-refractivity contribution in [3.05, 3.63) is 76.3 Å². The lowest BCUT2D eigenvalue weighted by Gasteiger charge is -2.28. The summed E-state index contributed by atoms with van der Waals surface area (Å²) in [4.78, 5) is 16.1. The quantitative estimate of drug-likeness (QED) is 0.480. The first kappa shape index (κ1) is 28.2. The average Bonchev–Trinajstić information content (AvgIpc) is 2.91. The van der Waals surface area contributed by atoms with Crippen molar-refractivity contribution >= 4 is 29.2 Å². The molecule has 2 aromatic rings. The Morgan fingerprint density at radius 2 is 1.92 bits per heavy atom. The molecule has 1 atom stereocenters. The molecule has 0 aromatic heterocycles. The number of morpholine rings is 1. The van der Waals surface area contributed by atoms with Crippen LogP contribution in [0.15, 0.2) is 54.6 Å². The molecule has 0 spiro atoms. The van der Waals surface area contributed by atoms with Gasteiger partial charge < -0.3 is 19.5 Å². The molecular formula is C28H30ClF3N2O4. The van der Waals surface area contributed by atoms with Crippen LogP contribution in [0.3, 0.4) is 0 Å². The SMILES string of the molecule is O=C(C=Cc1ccccc1OC[C@@H](O)CN1CC=C(c2ccc(Cl)c(C(F)(F)F)c2)CC1)N1CCOCC1. The number of hydrogen-bond donors (Lipinski definition) is 1. The maximum atomic E-state index is 13.2. The Morgan fingerprint density at radius 3 is 2.63 bits per heavy atom. The largest absolute Gasteiger partial charge is 0.490 e. The highest BCUT2D eigenvalue weighted by molar-refractivity contribution is 6.31. The first-order valence-electron chi connectivity index (χ1n) is 12.4. The monoisotopic (exact) mass is 550 g/mol. The zero-order valence-corrected chi connectivity index (χ0v) is 21.5. The van der Waals surface area contributed by atoms with Gasteiger partial charge >= 0.3 is 6.18 Å². The fourth-order valence-electron chi connectivity index (χ4n) is 4.42. The third kappa shape index (κ3) is 7.60. The van der Waals surface area contributed by atoms with Crippen molar-refractivity contribution in [3.8, 4) is 5.75 Å². The molecule has 1 saturated heterocycles. The second-order valence-corrected chi connectivity index (χ2v) is 9.61. The molecule has 1 fully saturated rings. The summed E-state index contributed by atoms with van der Waals surface area (Å²) in [6.07, 6.45) is 0.371. The van der Waals surface area contributed by atoms with Gasteiger partial charge in [0.05, 0.1) is 23.8 Å². The topological polar surface area (TPSA) is 62.2 Å². The van der Waals surface area contributed by atoms with E-state index < -0.39 is 17.8 Å². The first-order valence-corrected chi connectivity index (χ1v) is 12.8. The number of amides is 1. The number of alkyl halides is 3. The first-order chi connectivity index (χ1) is 18.2. The lowest BCUT2D eigenvalue weighted by molar-refractivity contribution is -0.137. The number of aliphatic hydroxyl groups excluding tert-OH is 1. The number of ether oxygens (including phenoxy) is 2. The predicted octanol–water partition coefficient (Wildman–Crippen LogP) is 4.76. The average molecular weight is 551 g/mol. The molecule has 1 N–H and O–H groups in total. The van der Waals surface area contributed by atoms with Gasteiger partial charge in [0.25, 0.3) is 0 Å². The molecule has 4 rings (SSSR count). The van der Waals surface area contributed by atoms with Crippen LogP contribution in [0.2, 0.25) is 5.02 Å². The molecule has 2 aliphatic rings. The number of aliphatic hydroxyl groups is 1. The van der Waals surface area contributed by atoms with Crippen molar-refractivity contribution < 1.29 is 32.5 Å². The second kappa shape index (κ2) is 12.8. The summed E-state index contributed by atoms with van der Waals surface area (Å²) >= 11 is 5.74. The summed E-state index contributed by atoms with van der Waals surface area (Å²) in [5, 5.41) is 10.2. The third-order valence-corrected chi connectivity index (χ3v) is 6.81. The van der Waals surface area contributed by atoms with Crippen LogP contribution in [-0.4, -0.2) is 79.5 Å². The number of carbonyl (C=O) groups excluding carboxylic acids is 1. The molecule has 0 radical (unpaired) electrons. The second-order valence-electron chi connectivity index (χ2n) is 9.20. The van der Waals surface area contributed by atoms with E-state index in [-0.39, 0.29) is 17.5 Å². The molecule has 2 heterocycles. The predicted molar refractivity (Wildman–Crippen MR) is 140 cm³/mol. The van der Waals surface area contributed by atoms with Gasteiger partial charge in [-0.2, -0.15) is 13.2 Å². The molecule has 0 aliphatic carbocycles. The van der Waals surface area contributed by atoms with Crippen molar-refractivity contribution in [2.24, 2.45) is 0 Å². The van der Waals surface area contributed by atoms with Crippen LogP contribution in [0.5, 0.6) is 5.75 Å². The highest BCUT2D eigenvalue weighted by Gasteiger charge is 2.33. The number of β-amino-alcohol motifs (C(OH)–C–C–N with tert-alkyl or cyclic N) is 1. The van der Waals surface area contributed by atoms with Crippen LogP contribution in [0.4, 0.5) is 13.2 Å². The standard InChI is InChI=1S/C28H30ClF3N2O4/c29-25-7-5-22(17-24(25)28(30,31)32)20-9-11-33(12-10-20)18-23(35)19-38-26-4-2-1-3-21(26)6-8-27(36)34-13-15-37-16-14-34/h1-9,17,23,35H,10-16,18-19H2/t23-/m0/s1. The molecule has 0 unspecified atom stereocenters. The summed E-state index contributed by atoms with van der Waals surface area (Å²) in [5.41, 5.74) is 1.21. The zero-order chi connectivity index (χ0) is 27.1. The van der Waals surface area contributed by atoms with Crippen LogP contribution < -0.4 is 4.74 Å². The van der Waals surface area contributed by atoms with Gasteiger partial charge in [0.15, 0.2) is 0 Å². The summed E-state index contributed by atoms with van der Waals surface area (Å²) < 4.78 is 50.7. The van der Waals surface area contributed by atoms with Crippen molar-refractivity contribution in [3.63, 3.8) is 0 Å². The van der Waals surface area contributed by atoms with Gasteiger partial charge in [-0.1, -0.05) is 41.9 Å². The van der Waals surface area contributed by atoms with E-state index in [2.05, 4.69) is 0 Å². The summed E-state index contributed by atoms with van der Waals surface area (Å²) in [6.45, 7) is 3.70. The van der Waals surface area contributed by atoms with Crippen LogP contribution in [0, 0.1) is 0 Å². The van der Waals surface area contributed by atoms with Crippen LogP contribution >= 0.6 is 11.6 Å². The highest BCUT2D eigenvalue weighted by Crippen LogP contribution is 2.37. The molecule has 2 aliphatic heterocycles.